The molecule has 108 valence electrons. The van der Waals surface area contributed by atoms with Crippen LogP contribution in [0.25, 0.3) is 6.08 Å². The van der Waals surface area contributed by atoms with Crippen LogP contribution >= 0.6 is 0 Å². The minimum absolute atomic E-state index is 0. The van der Waals surface area contributed by atoms with E-state index in [2.05, 4.69) is 44.2 Å². The van der Waals surface area contributed by atoms with Gasteiger partial charge in [-0.2, -0.15) is 0 Å². The molecular formula is C18H18Cl2Zr. The molecule has 21 heavy (non-hydrogen) atoms. The van der Waals surface area contributed by atoms with Gasteiger partial charge >= 0.3 is 127 Å². The first kappa shape index (κ1) is 17.3. The second-order valence-electron chi connectivity index (χ2n) is 5.96. The van der Waals surface area contributed by atoms with Crippen molar-refractivity contribution in [2.75, 3.05) is 0 Å². The number of fused-ring (bicyclic) bond motifs is 3. The molecule has 3 aliphatic rings. The van der Waals surface area contributed by atoms with Gasteiger partial charge in [0.25, 0.3) is 0 Å². The summed E-state index contributed by atoms with van der Waals surface area (Å²) < 4.78 is 2.73. The van der Waals surface area contributed by atoms with Gasteiger partial charge in [-0.05, 0) is 0 Å². The number of halogens is 2. The summed E-state index contributed by atoms with van der Waals surface area (Å²) in [4.78, 5) is 0. The molecule has 0 spiro atoms. The van der Waals surface area contributed by atoms with Crippen molar-refractivity contribution in [3.8, 4) is 0 Å². The Morgan fingerprint density at radius 2 is 1.81 bits per heavy atom. The van der Waals surface area contributed by atoms with Crippen LogP contribution in [0.15, 0.2) is 49.8 Å². The van der Waals surface area contributed by atoms with Crippen LogP contribution in [0, 0.1) is 0 Å². The molecule has 0 saturated heterocycles. The summed E-state index contributed by atoms with van der Waals surface area (Å²) in [6.45, 7) is 4.68. The van der Waals surface area contributed by atoms with Crippen molar-refractivity contribution in [1.29, 1.82) is 0 Å². The third-order valence-corrected chi connectivity index (χ3v) is 9.32. The van der Waals surface area contributed by atoms with E-state index in [0.717, 1.165) is 3.63 Å². The Balaban J connectivity index is 0.000000807. The van der Waals surface area contributed by atoms with Gasteiger partial charge in [0.2, 0.25) is 0 Å². The van der Waals surface area contributed by atoms with E-state index in [0.29, 0.717) is 0 Å². The van der Waals surface area contributed by atoms with E-state index in [1.807, 2.05) is 3.28 Å². The Hall–Kier alpha value is -0.0969. The third-order valence-electron chi connectivity index (χ3n) is 4.90. The fourth-order valence-electron chi connectivity index (χ4n) is 3.68. The molecule has 0 radical (unpaired) electrons. The minimum Gasteiger partial charge on any atom is -1.00 e. The average molecular weight is 396 g/mol. The molecule has 1 unspecified atom stereocenters. The Bertz CT molecular complexity index is 668. The first-order valence-electron chi connectivity index (χ1n) is 7.18. The van der Waals surface area contributed by atoms with Gasteiger partial charge < -0.3 is 24.8 Å². The van der Waals surface area contributed by atoms with Gasteiger partial charge in [0.1, 0.15) is 0 Å². The van der Waals surface area contributed by atoms with Gasteiger partial charge in [0.05, 0.1) is 0 Å². The van der Waals surface area contributed by atoms with Crippen LogP contribution in [-0.4, -0.2) is 0 Å². The molecular weight excluding hydrogens is 378 g/mol. The van der Waals surface area contributed by atoms with Gasteiger partial charge in [-0.1, -0.05) is 0 Å². The van der Waals surface area contributed by atoms with E-state index in [9.17, 15) is 0 Å². The van der Waals surface area contributed by atoms with Gasteiger partial charge in [-0.25, -0.2) is 0 Å². The van der Waals surface area contributed by atoms with Crippen molar-refractivity contribution < 1.29 is 48.0 Å². The second-order valence-corrected chi connectivity index (χ2v) is 9.58. The van der Waals surface area contributed by atoms with Gasteiger partial charge in [0.15, 0.2) is 0 Å². The first-order chi connectivity index (χ1) is 9.24. The third kappa shape index (κ3) is 2.78. The smallest absolute Gasteiger partial charge is 1.00 e. The maximum Gasteiger partial charge on any atom is -1.00 e. The van der Waals surface area contributed by atoms with Crippen molar-refractivity contribution in [2.24, 2.45) is 0 Å². The maximum absolute atomic E-state index is 2.49. The van der Waals surface area contributed by atoms with E-state index in [1.165, 1.54) is 24.8 Å². The van der Waals surface area contributed by atoms with Crippen LogP contribution < -0.4 is 24.8 Å². The molecule has 1 aliphatic heterocycles. The molecule has 3 heteroatoms. The van der Waals surface area contributed by atoms with Crippen molar-refractivity contribution in [3.05, 3.63) is 61.0 Å². The predicted molar refractivity (Wildman–Crippen MR) is 76.4 cm³/mol. The summed E-state index contributed by atoms with van der Waals surface area (Å²) in [6, 6.07) is 9.08. The average Bonchev–Trinajstić information content (AvgIpc) is 2.82. The molecule has 0 fully saturated rings. The van der Waals surface area contributed by atoms with Crippen molar-refractivity contribution >= 4 is 6.08 Å². The Morgan fingerprint density at radius 3 is 2.62 bits per heavy atom. The van der Waals surface area contributed by atoms with Crippen molar-refractivity contribution in [3.63, 3.8) is 0 Å². The zero-order valence-corrected chi connectivity index (χ0v) is 16.3. The molecule has 0 N–H and O–H groups in total. The Morgan fingerprint density at radius 1 is 1.05 bits per heavy atom. The van der Waals surface area contributed by atoms with E-state index < -0.39 is 23.2 Å². The fourth-order valence-corrected chi connectivity index (χ4v) is 8.68. The standard InChI is InChI=1S/C18H18.2ClH.Zr/c1-13-7-9-16(14(13)2)10-8-15-11-17-5-3-4-6-18(17)12-15;;;/h3-6,11-12H,7-8,10H2,1-2H3;2*1H;/q;;;+2/p-2. The summed E-state index contributed by atoms with van der Waals surface area (Å²) in [6.07, 6.45) is 6.40. The molecule has 0 aromatic heterocycles. The number of rotatable bonds is 0. The molecule has 1 aromatic carbocycles. The number of hydrogen-bond acceptors (Lipinski definition) is 0. The molecule has 4 rings (SSSR count). The van der Waals surface area contributed by atoms with E-state index in [1.54, 1.807) is 27.9 Å². The molecule has 0 saturated carbocycles. The Labute approximate surface area is 151 Å². The number of allylic oxidation sites excluding steroid dienone is 5. The van der Waals surface area contributed by atoms with Crippen LogP contribution in [0.5, 0.6) is 0 Å². The number of benzene rings is 1. The molecule has 0 bridgehead atoms. The summed E-state index contributed by atoms with van der Waals surface area (Å²) in [5.74, 6) is 0. The maximum atomic E-state index is 2.49. The molecule has 1 atom stereocenters. The zero-order valence-electron chi connectivity index (χ0n) is 12.3. The normalized spacial score (nSPS) is 21.8. The topological polar surface area (TPSA) is 0 Å². The van der Waals surface area contributed by atoms with Crippen molar-refractivity contribution in [1.82, 2.24) is 0 Å². The molecule has 0 amide bonds. The SMILES string of the molecule is CC1=C(C)C2=[C](C1)[Zr+2][CH]1C(=Cc3ccccc31)CC2.[Cl-].[Cl-]. The summed E-state index contributed by atoms with van der Waals surface area (Å²) in [5.41, 5.74) is 9.92. The van der Waals surface area contributed by atoms with Gasteiger partial charge in [-0.3, -0.25) is 0 Å². The summed E-state index contributed by atoms with van der Waals surface area (Å²) in [7, 11) is 0. The molecule has 0 nitrogen and oxygen atoms in total. The van der Waals surface area contributed by atoms with Crippen LogP contribution in [0.3, 0.4) is 0 Å². The van der Waals surface area contributed by atoms with Gasteiger partial charge in [0, 0.05) is 0 Å². The fraction of sp³-hybridized carbons (Fsp3) is 0.333. The largest absolute Gasteiger partial charge is 1.00 e. The van der Waals surface area contributed by atoms with Crippen LogP contribution in [0.4, 0.5) is 0 Å². The van der Waals surface area contributed by atoms with E-state index in [-0.39, 0.29) is 24.8 Å². The zero-order chi connectivity index (χ0) is 13.0. The minimum atomic E-state index is -0.491. The predicted octanol–water partition coefficient (Wildman–Crippen LogP) is -0.997. The first-order valence-corrected chi connectivity index (χ1v) is 9.83. The van der Waals surface area contributed by atoms with Gasteiger partial charge in [-0.15, -0.1) is 0 Å². The van der Waals surface area contributed by atoms with Crippen molar-refractivity contribution in [2.45, 2.75) is 36.7 Å². The monoisotopic (exact) mass is 394 g/mol. The van der Waals surface area contributed by atoms with Crippen LogP contribution in [-0.2, 0) is 23.2 Å². The van der Waals surface area contributed by atoms with Crippen LogP contribution in [0.1, 0.15) is 47.9 Å². The Kier molecular flexibility index (Phi) is 5.40. The molecule has 1 heterocycles. The quantitative estimate of drug-likeness (QED) is 0.528. The number of hydrogen-bond donors (Lipinski definition) is 0. The molecule has 2 aliphatic carbocycles. The molecule has 1 aromatic rings. The van der Waals surface area contributed by atoms with E-state index >= 15 is 0 Å². The summed E-state index contributed by atoms with van der Waals surface area (Å²) >= 11 is -0.491. The second kappa shape index (κ2) is 6.57. The van der Waals surface area contributed by atoms with Crippen LogP contribution in [0.2, 0.25) is 0 Å². The van der Waals surface area contributed by atoms with E-state index in [4.69, 9.17) is 0 Å². The summed E-state index contributed by atoms with van der Waals surface area (Å²) in [5, 5.41) is 0.